The van der Waals surface area contributed by atoms with Gasteiger partial charge in [-0.1, -0.05) is 29.3 Å². The molecule has 2 heterocycles. The van der Waals surface area contributed by atoms with Crippen molar-refractivity contribution in [1.82, 2.24) is 4.98 Å². The van der Waals surface area contributed by atoms with E-state index in [1.165, 1.54) is 0 Å². The van der Waals surface area contributed by atoms with Gasteiger partial charge in [0, 0.05) is 4.88 Å². The number of aryl methyl sites for hydroxylation is 1. The molecular formula is C18H17Cl2N3OS2. The molecule has 0 aliphatic heterocycles. The zero-order valence-electron chi connectivity index (χ0n) is 14.4. The molecule has 1 aromatic carbocycles. The van der Waals surface area contributed by atoms with Gasteiger partial charge in [0.2, 0.25) is 5.13 Å². The first-order chi connectivity index (χ1) is 12.4. The second-order valence-corrected chi connectivity index (χ2v) is 8.72. The Hall–Kier alpha value is -1.60. The van der Waals surface area contributed by atoms with Gasteiger partial charge in [-0.3, -0.25) is 5.43 Å². The molecule has 0 saturated carbocycles. The van der Waals surface area contributed by atoms with Crippen LogP contribution in [-0.4, -0.2) is 17.3 Å². The lowest BCUT2D eigenvalue weighted by Crippen LogP contribution is -2.06. The van der Waals surface area contributed by atoms with Gasteiger partial charge in [0.25, 0.3) is 0 Å². The van der Waals surface area contributed by atoms with E-state index in [1.54, 1.807) is 41.0 Å². The van der Waals surface area contributed by atoms with Gasteiger partial charge < -0.3 is 4.74 Å². The minimum atomic E-state index is -0.00290. The van der Waals surface area contributed by atoms with Gasteiger partial charge in [-0.2, -0.15) is 5.10 Å². The summed E-state index contributed by atoms with van der Waals surface area (Å²) in [5.74, 6) is 0.490. The van der Waals surface area contributed by atoms with Crippen LogP contribution in [-0.2, 0) is 0 Å². The number of rotatable bonds is 6. The standard InChI is InChI=1S/C18H17Cl2N3OS2/c1-10(2)24-17-13(19)7-12(8-14(17)20)9-21-23-18-22-16(11(3)26-18)15-5-4-6-25-15/h4-10H,1-3H3,(H,22,23)/b21-9-. The molecule has 0 fully saturated rings. The third kappa shape index (κ3) is 4.57. The molecule has 0 amide bonds. The van der Waals surface area contributed by atoms with Crippen LogP contribution in [0, 0.1) is 6.92 Å². The molecule has 0 radical (unpaired) electrons. The highest BCUT2D eigenvalue weighted by atomic mass is 35.5. The van der Waals surface area contributed by atoms with Crippen molar-refractivity contribution in [2.24, 2.45) is 5.10 Å². The molecule has 0 atom stereocenters. The lowest BCUT2D eigenvalue weighted by Gasteiger charge is -2.13. The molecule has 8 heteroatoms. The predicted molar refractivity (Wildman–Crippen MR) is 114 cm³/mol. The summed E-state index contributed by atoms with van der Waals surface area (Å²) in [6.45, 7) is 5.90. The molecule has 26 heavy (non-hydrogen) atoms. The highest BCUT2D eigenvalue weighted by molar-refractivity contribution is 7.17. The summed E-state index contributed by atoms with van der Waals surface area (Å²) in [7, 11) is 0. The fourth-order valence-corrected chi connectivity index (χ4v) is 4.46. The quantitative estimate of drug-likeness (QED) is 0.352. The SMILES string of the molecule is Cc1sc(N/N=C\c2cc(Cl)c(OC(C)C)c(Cl)c2)nc1-c1cccs1. The Morgan fingerprint density at radius 1 is 1.27 bits per heavy atom. The van der Waals surface area contributed by atoms with Gasteiger partial charge in [-0.05, 0) is 49.9 Å². The smallest absolute Gasteiger partial charge is 0.204 e. The summed E-state index contributed by atoms with van der Waals surface area (Å²) in [5.41, 5.74) is 4.73. The fourth-order valence-electron chi connectivity index (χ4n) is 2.25. The highest BCUT2D eigenvalue weighted by Crippen LogP contribution is 2.35. The van der Waals surface area contributed by atoms with Crippen molar-refractivity contribution in [3.05, 3.63) is 50.1 Å². The molecule has 0 aliphatic carbocycles. The van der Waals surface area contributed by atoms with Gasteiger partial charge in [0.15, 0.2) is 5.75 Å². The molecule has 0 saturated heterocycles. The van der Waals surface area contributed by atoms with Crippen molar-refractivity contribution in [1.29, 1.82) is 0 Å². The summed E-state index contributed by atoms with van der Waals surface area (Å²) < 4.78 is 5.62. The molecule has 1 N–H and O–H groups in total. The van der Waals surface area contributed by atoms with E-state index >= 15 is 0 Å². The average molecular weight is 426 g/mol. The maximum absolute atomic E-state index is 6.26. The van der Waals surface area contributed by atoms with E-state index in [4.69, 9.17) is 27.9 Å². The minimum absolute atomic E-state index is 0.00290. The second-order valence-electron chi connectivity index (χ2n) is 5.75. The summed E-state index contributed by atoms with van der Waals surface area (Å²) >= 11 is 15.7. The van der Waals surface area contributed by atoms with Crippen molar-refractivity contribution in [3.8, 4) is 16.3 Å². The Balaban J connectivity index is 1.72. The molecule has 0 spiro atoms. The van der Waals surface area contributed by atoms with Crippen molar-refractivity contribution in [3.63, 3.8) is 0 Å². The maximum Gasteiger partial charge on any atom is 0.204 e. The molecule has 0 aliphatic rings. The molecule has 136 valence electrons. The third-order valence-corrected chi connectivity index (χ3v) is 5.61. The van der Waals surface area contributed by atoms with Crippen LogP contribution in [0.2, 0.25) is 10.0 Å². The van der Waals surface area contributed by atoms with Gasteiger partial charge >= 0.3 is 0 Å². The number of aromatic nitrogens is 1. The van der Waals surface area contributed by atoms with Crippen LogP contribution in [0.25, 0.3) is 10.6 Å². The van der Waals surface area contributed by atoms with E-state index in [0.29, 0.717) is 15.8 Å². The van der Waals surface area contributed by atoms with E-state index in [2.05, 4.69) is 28.5 Å². The molecule has 4 nitrogen and oxygen atoms in total. The number of thiazole rings is 1. The Labute approximate surface area is 170 Å². The Morgan fingerprint density at radius 2 is 2.00 bits per heavy atom. The minimum Gasteiger partial charge on any atom is -0.488 e. The van der Waals surface area contributed by atoms with Crippen LogP contribution < -0.4 is 10.2 Å². The van der Waals surface area contributed by atoms with Gasteiger partial charge in [-0.15, -0.1) is 22.7 Å². The summed E-state index contributed by atoms with van der Waals surface area (Å²) in [6.07, 6.45) is 1.65. The van der Waals surface area contributed by atoms with E-state index in [9.17, 15) is 0 Å². The van der Waals surface area contributed by atoms with Crippen LogP contribution >= 0.6 is 45.9 Å². The van der Waals surface area contributed by atoms with Gasteiger partial charge in [-0.25, -0.2) is 4.98 Å². The molecule has 0 unspecified atom stereocenters. The first kappa shape index (κ1) is 19.2. The topological polar surface area (TPSA) is 46.5 Å². The van der Waals surface area contributed by atoms with Crippen LogP contribution in [0.4, 0.5) is 5.13 Å². The predicted octanol–water partition coefficient (Wildman–Crippen LogP) is 6.72. The fraction of sp³-hybridized carbons (Fsp3) is 0.222. The van der Waals surface area contributed by atoms with Crippen molar-refractivity contribution < 1.29 is 4.74 Å². The number of ether oxygens (including phenoxy) is 1. The Kier molecular flexibility index (Phi) is 6.19. The largest absolute Gasteiger partial charge is 0.488 e. The van der Waals surface area contributed by atoms with E-state index in [0.717, 1.165) is 26.1 Å². The number of thiophene rings is 1. The van der Waals surface area contributed by atoms with Crippen LogP contribution in [0.3, 0.4) is 0 Å². The van der Waals surface area contributed by atoms with Gasteiger partial charge in [0.05, 0.1) is 32.9 Å². The number of nitrogens with zero attached hydrogens (tertiary/aromatic N) is 2. The highest BCUT2D eigenvalue weighted by Gasteiger charge is 2.12. The van der Waals surface area contributed by atoms with Crippen LogP contribution in [0.1, 0.15) is 24.3 Å². The number of hydrogen-bond acceptors (Lipinski definition) is 6. The first-order valence-electron chi connectivity index (χ1n) is 7.90. The van der Waals surface area contributed by atoms with Crippen LogP contribution in [0.15, 0.2) is 34.7 Å². The lowest BCUT2D eigenvalue weighted by molar-refractivity contribution is 0.243. The van der Waals surface area contributed by atoms with E-state index in [-0.39, 0.29) is 6.10 Å². The maximum atomic E-state index is 6.26. The summed E-state index contributed by atoms with van der Waals surface area (Å²) in [4.78, 5) is 6.89. The normalized spacial score (nSPS) is 11.5. The molecular weight excluding hydrogens is 409 g/mol. The van der Waals surface area contributed by atoms with Crippen molar-refractivity contribution >= 4 is 57.2 Å². The number of hydrazone groups is 1. The number of benzene rings is 1. The first-order valence-corrected chi connectivity index (χ1v) is 10.4. The van der Waals surface area contributed by atoms with E-state index < -0.39 is 0 Å². The Bertz CT molecular complexity index is 898. The summed E-state index contributed by atoms with van der Waals surface area (Å²) in [5, 5.41) is 7.93. The second kappa shape index (κ2) is 8.39. The zero-order chi connectivity index (χ0) is 18.7. The zero-order valence-corrected chi connectivity index (χ0v) is 17.6. The Morgan fingerprint density at radius 3 is 2.62 bits per heavy atom. The molecule has 2 aromatic heterocycles. The average Bonchev–Trinajstić information content (AvgIpc) is 3.20. The van der Waals surface area contributed by atoms with Crippen molar-refractivity contribution in [2.45, 2.75) is 26.9 Å². The van der Waals surface area contributed by atoms with E-state index in [1.807, 2.05) is 25.3 Å². The summed E-state index contributed by atoms with van der Waals surface area (Å²) in [6, 6.07) is 7.61. The molecule has 0 bridgehead atoms. The molecule has 3 rings (SSSR count). The number of halogens is 2. The van der Waals surface area contributed by atoms with Gasteiger partial charge in [0.1, 0.15) is 0 Å². The number of anilines is 1. The third-order valence-electron chi connectivity index (χ3n) is 3.30. The molecule has 3 aromatic rings. The monoisotopic (exact) mass is 425 g/mol. The lowest BCUT2D eigenvalue weighted by atomic mass is 10.2. The number of nitrogens with one attached hydrogen (secondary N) is 1. The van der Waals surface area contributed by atoms with Crippen LogP contribution in [0.5, 0.6) is 5.75 Å². The number of hydrogen-bond donors (Lipinski definition) is 1. The van der Waals surface area contributed by atoms with Crippen molar-refractivity contribution in [2.75, 3.05) is 5.43 Å².